The third kappa shape index (κ3) is 2.54. The van der Waals surface area contributed by atoms with Gasteiger partial charge in [0.25, 0.3) is 0 Å². The van der Waals surface area contributed by atoms with E-state index in [1.54, 1.807) is 0 Å². The van der Waals surface area contributed by atoms with Gasteiger partial charge in [-0.05, 0) is 30.9 Å². The number of nitrogens with one attached hydrogen (secondary N) is 1. The van der Waals surface area contributed by atoms with Gasteiger partial charge >= 0.3 is 0 Å². The molecule has 0 radical (unpaired) electrons. The third-order valence-corrected chi connectivity index (χ3v) is 3.11. The summed E-state index contributed by atoms with van der Waals surface area (Å²) in [6.45, 7) is 1.96. The lowest BCUT2D eigenvalue weighted by atomic mass is 10.1. The van der Waals surface area contributed by atoms with E-state index < -0.39 is 0 Å². The molecule has 3 N–H and O–H groups in total. The molecule has 3 heteroatoms. The van der Waals surface area contributed by atoms with Gasteiger partial charge in [-0.2, -0.15) is 0 Å². The number of nitrogens with zero attached hydrogens (tertiary/aromatic N) is 1. The summed E-state index contributed by atoms with van der Waals surface area (Å²) in [6.07, 6.45) is 4.32. The van der Waals surface area contributed by atoms with Crippen LogP contribution in [0, 0.1) is 5.41 Å². The molecule has 1 aliphatic rings. The summed E-state index contributed by atoms with van der Waals surface area (Å²) in [5.74, 6) is 0.279. The molecule has 16 heavy (non-hydrogen) atoms. The van der Waals surface area contributed by atoms with E-state index in [9.17, 15) is 0 Å². The molecule has 0 aromatic heterocycles. The van der Waals surface area contributed by atoms with Crippen molar-refractivity contribution in [3.05, 3.63) is 29.8 Å². The highest BCUT2D eigenvalue weighted by Crippen LogP contribution is 2.25. The summed E-state index contributed by atoms with van der Waals surface area (Å²) in [4.78, 5) is 2.36. The molecule has 0 unspecified atom stereocenters. The standard InChI is InChI=1S/C13H19N3/c14-13(15)8-10-16-9-4-3-6-11-5-1-2-7-12(11)16/h1-2,5,7H,3-4,6,8-10H2,(H3,14,15). The maximum absolute atomic E-state index is 7.30. The van der Waals surface area contributed by atoms with Crippen LogP contribution in [-0.4, -0.2) is 18.9 Å². The number of hydrogen-bond donors (Lipinski definition) is 2. The lowest BCUT2D eigenvalue weighted by Gasteiger charge is -2.24. The Morgan fingerprint density at radius 1 is 1.31 bits per heavy atom. The summed E-state index contributed by atoms with van der Waals surface area (Å²) >= 11 is 0. The lowest BCUT2D eigenvalue weighted by molar-refractivity contribution is 0.718. The fraction of sp³-hybridized carbons (Fsp3) is 0.462. The first-order chi connectivity index (χ1) is 7.77. The normalized spacial score (nSPS) is 15.4. The molecule has 1 heterocycles. The van der Waals surface area contributed by atoms with Crippen LogP contribution in [-0.2, 0) is 6.42 Å². The SMILES string of the molecule is N=C(N)CCN1CCCCc2ccccc21. The smallest absolute Gasteiger partial charge is 0.0923 e. The van der Waals surface area contributed by atoms with Crippen LogP contribution in [0.2, 0.25) is 0 Å². The Morgan fingerprint density at radius 2 is 2.12 bits per heavy atom. The minimum Gasteiger partial charge on any atom is -0.388 e. The molecule has 86 valence electrons. The van der Waals surface area contributed by atoms with E-state index in [0.29, 0.717) is 6.42 Å². The van der Waals surface area contributed by atoms with E-state index in [2.05, 4.69) is 29.2 Å². The Labute approximate surface area is 96.8 Å². The molecular formula is C13H19N3. The van der Waals surface area contributed by atoms with Crippen molar-refractivity contribution in [3.63, 3.8) is 0 Å². The van der Waals surface area contributed by atoms with Crippen molar-refractivity contribution in [1.29, 1.82) is 5.41 Å². The minimum atomic E-state index is 0.279. The average Bonchev–Trinajstić information content (AvgIpc) is 2.48. The minimum absolute atomic E-state index is 0.279. The number of nitrogens with two attached hydrogens (primary N) is 1. The second kappa shape index (κ2) is 5.01. The highest BCUT2D eigenvalue weighted by atomic mass is 15.1. The Balaban J connectivity index is 2.15. The number of amidine groups is 1. The molecule has 0 fully saturated rings. The van der Waals surface area contributed by atoms with Crippen LogP contribution < -0.4 is 10.6 Å². The molecule has 1 aromatic rings. The number of benzene rings is 1. The zero-order valence-corrected chi connectivity index (χ0v) is 9.58. The molecule has 2 rings (SSSR count). The van der Waals surface area contributed by atoms with Gasteiger partial charge in [0.1, 0.15) is 0 Å². The Hall–Kier alpha value is -1.51. The van der Waals surface area contributed by atoms with Crippen LogP contribution in [0.4, 0.5) is 5.69 Å². The molecule has 0 aliphatic carbocycles. The van der Waals surface area contributed by atoms with Gasteiger partial charge in [-0.15, -0.1) is 0 Å². The second-order valence-electron chi connectivity index (χ2n) is 4.35. The predicted octanol–water partition coefficient (Wildman–Crippen LogP) is 2.16. The summed E-state index contributed by atoms with van der Waals surface area (Å²) in [6, 6.07) is 8.58. The van der Waals surface area contributed by atoms with Crippen LogP contribution >= 0.6 is 0 Å². The molecule has 0 atom stereocenters. The third-order valence-electron chi connectivity index (χ3n) is 3.11. The van der Waals surface area contributed by atoms with Gasteiger partial charge in [-0.3, -0.25) is 5.41 Å². The fourth-order valence-corrected chi connectivity index (χ4v) is 2.26. The van der Waals surface area contributed by atoms with E-state index in [-0.39, 0.29) is 5.84 Å². The van der Waals surface area contributed by atoms with Crippen LogP contribution in [0.5, 0.6) is 0 Å². The Morgan fingerprint density at radius 3 is 2.94 bits per heavy atom. The number of hydrogen-bond acceptors (Lipinski definition) is 2. The van der Waals surface area contributed by atoms with E-state index >= 15 is 0 Å². The van der Waals surface area contributed by atoms with Crippen molar-refractivity contribution in [1.82, 2.24) is 0 Å². The number of fused-ring (bicyclic) bond motifs is 1. The van der Waals surface area contributed by atoms with Crippen LogP contribution in [0.3, 0.4) is 0 Å². The van der Waals surface area contributed by atoms with E-state index in [1.165, 1.54) is 30.5 Å². The van der Waals surface area contributed by atoms with E-state index in [1.807, 2.05) is 0 Å². The zero-order chi connectivity index (χ0) is 11.4. The van der Waals surface area contributed by atoms with Gasteiger partial charge in [0.05, 0.1) is 5.84 Å². The number of rotatable bonds is 3. The molecule has 0 saturated carbocycles. The molecule has 1 aromatic carbocycles. The summed E-state index contributed by atoms with van der Waals surface area (Å²) in [7, 11) is 0. The number of aryl methyl sites for hydroxylation is 1. The quantitative estimate of drug-likeness (QED) is 0.602. The molecular weight excluding hydrogens is 198 g/mol. The fourth-order valence-electron chi connectivity index (χ4n) is 2.26. The largest absolute Gasteiger partial charge is 0.388 e. The highest BCUT2D eigenvalue weighted by Gasteiger charge is 2.14. The van der Waals surface area contributed by atoms with Crippen LogP contribution in [0.1, 0.15) is 24.8 Å². The maximum Gasteiger partial charge on any atom is 0.0923 e. The van der Waals surface area contributed by atoms with Crippen molar-refractivity contribution in [2.75, 3.05) is 18.0 Å². The first-order valence-electron chi connectivity index (χ1n) is 5.93. The molecule has 0 spiro atoms. The van der Waals surface area contributed by atoms with Crippen molar-refractivity contribution in [2.45, 2.75) is 25.7 Å². The Bertz CT molecular complexity index is 373. The van der Waals surface area contributed by atoms with Gasteiger partial charge in [-0.1, -0.05) is 18.2 Å². The van der Waals surface area contributed by atoms with Gasteiger partial charge in [0.15, 0.2) is 0 Å². The van der Waals surface area contributed by atoms with Crippen molar-refractivity contribution < 1.29 is 0 Å². The van der Waals surface area contributed by atoms with Gasteiger partial charge in [0, 0.05) is 25.2 Å². The average molecular weight is 217 g/mol. The van der Waals surface area contributed by atoms with E-state index in [0.717, 1.165) is 13.1 Å². The second-order valence-corrected chi connectivity index (χ2v) is 4.35. The summed E-state index contributed by atoms with van der Waals surface area (Å²) in [5, 5.41) is 7.30. The number of anilines is 1. The first-order valence-corrected chi connectivity index (χ1v) is 5.93. The highest BCUT2D eigenvalue weighted by molar-refractivity contribution is 5.77. The van der Waals surface area contributed by atoms with E-state index in [4.69, 9.17) is 11.1 Å². The summed E-state index contributed by atoms with van der Waals surface area (Å²) in [5.41, 5.74) is 8.19. The summed E-state index contributed by atoms with van der Waals surface area (Å²) < 4.78 is 0. The van der Waals surface area contributed by atoms with Gasteiger partial charge < -0.3 is 10.6 Å². The maximum atomic E-state index is 7.30. The van der Waals surface area contributed by atoms with Gasteiger partial charge in [-0.25, -0.2) is 0 Å². The molecule has 3 nitrogen and oxygen atoms in total. The first kappa shape index (κ1) is 11.0. The molecule has 0 bridgehead atoms. The predicted molar refractivity (Wildman–Crippen MR) is 68.1 cm³/mol. The number of para-hydroxylation sites is 1. The Kier molecular flexibility index (Phi) is 3.44. The molecule has 0 amide bonds. The van der Waals surface area contributed by atoms with Gasteiger partial charge in [0.2, 0.25) is 0 Å². The topological polar surface area (TPSA) is 53.1 Å². The van der Waals surface area contributed by atoms with Crippen LogP contribution in [0.25, 0.3) is 0 Å². The van der Waals surface area contributed by atoms with Crippen molar-refractivity contribution in [3.8, 4) is 0 Å². The lowest BCUT2D eigenvalue weighted by Crippen LogP contribution is -2.28. The monoisotopic (exact) mass is 217 g/mol. The van der Waals surface area contributed by atoms with Crippen molar-refractivity contribution >= 4 is 11.5 Å². The van der Waals surface area contributed by atoms with Crippen LogP contribution in [0.15, 0.2) is 24.3 Å². The molecule has 0 saturated heterocycles. The van der Waals surface area contributed by atoms with Crippen molar-refractivity contribution in [2.24, 2.45) is 5.73 Å². The molecule has 1 aliphatic heterocycles. The zero-order valence-electron chi connectivity index (χ0n) is 9.58.